The number of aromatic nitrogens is 3. The minimum absolute atomic E-state index is 0.0787. The van der Waals surface area contributed by atoms with Crippen LogP contribution in [0, 0.1) is 5.82 Å². The number of rotatable bonds is 8. The molecular formula is C23H25FN4O3S. The van der Waals surface area contributed by atoms with Crippen molar-refractivity contribution in [1.82, 2.24) is 14.8 Å². The maximum atomic E-state index is 13.7. The Morgan fingerprint density at radius 3 is 2.72 bits per heavy atom. The predicted octanol–water partition coefficient (Wildman–Crippen LogP) is 3.79. The van der Waals surface area contributed by atoms with Gasteiger partial charge in [0.2, 0.25) is 5.95 Å². The average molecular weight is 457 g/mol. The molecule has 0 N–H and O–H groups in total. The highest BCUT2D eigenvalue weighted by Gasteiger charge is 2.24. The standard InChI is InChI=1S/C23H25FN4O3S/c1-3-16-6-4-5-7-19(16)28-22(27-10-12-31-13-11-27)25-26-23(28)32-15-20(29)18-14-17(24)8-9-21(18)30-2/h4-9,14H,3,10-13,15H2,1-2H3. The second-order valence-electron chi connectivity index (χ2n) is 7.26. The van der Waals surface area contributed by atoms with Crippen LogP contribution in [-0.2, 0) is 11.2 Å². The van der Waals surface area contributed by atoms with Gasteiger partial charge < -0.3 is 14.4 Å². The first kappa shape index (κ1) is 22.3. The Labute approximate surface area is 190 Å². The van der Waals surface area contributed by atoms with Crippen molar-refractivity contribution in [2.24, 2.45) is 0 Å². The molecule has 1 aliphatic heterocycles. The molecule has 0 bridgehead atoms. The van der Waals surface area contributed by atoms with Gasteiger partial charge in [-0.1, -0.05) is 36.9 Å². The van der Waals surface area contributed by atoms with Gasteiger partial charge in [0, 0.05) is 13.1 Å². The molecule has 0 radical (unpaired) electrons. The van der Waals surface area contributed by atoms with Crippen LogP contribution in [0.5, 0.6) is 5.75 Å². The molecule has 1 saturated heterocycles. The monoisotopic (exact) mass is 456 g/mol. The van der Waals surface area contributed by atoms with E-state index in [4.69, 9.17) is 9.47 Å². The van der Waals surface area contributed by atoms with Gasteiger partial charge in [-0.2, -0.15) is 0 Å². The number of carbonyl (C=O) groups is 1. The number of anilines is 1. The Balaban J connectivity index is 1.66. The first-order valence-electron chi connectivity index (χ1n) is 10.5. The number of carbonyl (C=O) groups excluding carboxylic acids is 1. The van der Waals surface area contributed by atoms with E-state index in [1.807, 2.05) is 22.8 Å². The van der Waals surface area contributed by atoms with E-state index < -0.39 is 5.82 Å². The molecular weight excluding hydrogens is 431 g/mol. The molecule has 7 nitrogen and oxygen atoms in total. The van der Waals surface area contributed by atoms with Crippen molar-refractivity contribution in [1.29, 1.82) is 0 Å². The SMILES string of the molecule is CCc1ccccc1-n1c(SCC(=O)c2cc(F)ccc2OC)nnc1N1CCOCC1. The Bertz CT molecular complexity index is 1100. The number of methoxy groups -OCH3 is 1. The summed E-state index contributed by atoms with van der Waals surface area (Å²) in [6.07, 6.45) is 0.848. The van der Waals surface area contributed by atoms with Crippen molar-refractivity contribution in [3.05, 3.63) is 59.4 Å². The number of para-hydroxylation sites is 1. The molecule has 1 aliphatic rings. The summed E-state index contributed by atoms with van der Waals surface area (Å²) in [4.78, 5) is 15.0. The highest BCUT2D eigenvalue weighted by atomic mass is 32.2. The zero-order valence-corrected chi connectivity index (χ0v) is 18.9. The van der Waals surface area contributed by atoms with Crippen LogP contribution in [0.15, 0.2) is 47.6 Å². The zero-order chi connectivity index (χ0) is 22.5. The third-order valence-electron chi connectivity index (χ3n) is 5.32. The summed E-state index contributed by atoms with van der Waals surface area (Å²) in [6.45, 7) is 4.79. The Morgan fingerprint density at radius 1 is 1.19 bits per heavy atom. The number of Topliss-reactive ketones (excluding diaryl/α,β-unsaturated/α-hetero) is 1. The van der Waals surface area contributed by atoms with Gasteiger partial charge in [-0.05, 0) is 36.2 Å². The zero-order valence-electron chi connectivity index (χ0n) is 18.1. The van der Waals surface area contributed by atoms with Crippen LogP contribution in [0.2, 0.25) is 0 Å². The summed E-state index contributed by atoms with van der Waals surface area (Å²) in [5.41, 5.74) is 2.36. The Morgan fingerprint density at radius 2 is 1.97 bits per heavy atom. The van der Waals surface area contributed by atoms with Gasteiger partial charge >= 0.3 is 0 Å². The molecule has 0 spiro atoms. The molecule has 0 amide bonds. The van der Waals surface area contributed by atoms with E-state index in [2.05, 4.69) is 28.1 Å². The summed E-state index contributed by atoms with van der Waals surface area (Å²) in [6, 6.07) is 12.0. The molecule has 0 unspecified atom stereocenters. The van der Waals surface area contributed by atoms with E-state index in [9.17, 15) is 9.18 Å². The number of halogens is 1. The van der Waals surface area contributed by atoms with Crippen LogP contribution in [0.25, 0.3) is 5.69 Å². The van der Waals surface area contributed by atoms with E-state index in [1.54, 1.807) is 0 Å². The lowest BCUT2D eigenvalue weighted by molar-refractivity contribution is 0.101. The minimum atomic E-state index is -0.478. The van der Waals surface area contributed by atoms with Gasteiger partial charge in [-0.25, -0.2) is 4.39 Å². The molecule has 32 heavy (non-hydrogen) atoms. The lowest BCUT2D eigenvalue weighted by Gasteiger charge is -2.28. The highest BCUT2D eigenvalue weighted by Crippen LogP contribution is 2.30. The van der Waals surface area contributed by atoms with Crippen molar-refractivity contribution in [2.45, 2.75) is 18.5 Å². The summed E-state index contributed by atoms with van der Waals surface area (Å²) < 4.78 is 26.5. The number of morpholine rings is 1. The Hall–Kier alpha value is -2.91. The van der Waals surface area contributed by atoms with Crippen molar-refractivity contribution in [3.8, 4) is 11.4 Å². The van der Waals surface area contributed by atoms with E-state index in [1.165, 1.54) is 37.1 Å². The second-order valence-corrected chi connectivity index (χ2v) is 8.20. The largest absolute Gasteiger partial charge is 0.496 e. The minimum Gasteiger partial charge on any atom is -0.496 e. The van der Waals surface area contributed by atoms with Crippen LogP contribution in [0.4, 0.5) is 10.3 Å². The lowest BCUT2D eigenvalue weighted by atomic mass is 10.1. The van der Waals surface area contributed by atoms with Crippen LogP contribution < -0.4 is 9.64 Å². The molecule has 3 aromatic rings. The number of thioether (sulfide) groups is 1. The van der Waals surface area contributed by atoms with Crippen LogP contribution in [0.3, 0.4) is 0 Å². The van der Waals surface area contributed by atoms with E-state index in [0.717, 1.165) is 36.7 Å². The molecule has 9 heteroatoms. The molecule has 4 rings (SSSR count). The molecule has 2 heterocycles. The van der Waals surface area contributed by atoms with Gasteiger partial charge in [0.25, 0.3) is 0 Å². The predicted molar refractivity (Wildman–Crippen MR) is 122 cm³/mol. The fourth-order valence-corrected chi connectivity index (χ4v) is 4.49. The maximum Gasteiger partial charge on any atom is 0.232 e. The fraction of sp³-hybridized carbons (Fsp3) is 0.348. The second kappa shape index (κ2) is 10.1. The van der Waals surface area contributed by atoms with Gasteiger partial charge in [-0.15, -0.1) is 10.2 Å². The van der Waals surface area contributed by atoms with Crippen LogP contribution in [-0.4, -0.2) is 59.7 Å². The number of nitrogens with zero attached hydrogens (tertiary/aromatic N) is 4. The van der Waals surface area contributed by atoms with Crippen molar-refractivity contribution in [3.63, 3.8) is 0 Å². The number of hydrogen-bond acceptors (Lipinski definition) is 7. The van der Waals surface area contributed by atoms with Gasteiger partial charge in [-0.3, -0.25) is 9.36 Å². The first-order chi connectivity index (χ1) is 15.6. The van der Waals surface area contributed by atoms with Gasteiger partial charge in [0.1, 0.15) is 11.6 Å². The molecule has 1 aromatic heterocycles. The smallest absolute Gasteiger partial charge is 0.232 e. The van der Waals surface area contributed by atoms with Crippen LogP contribution >= 0.6 is 11.8 Å². The molecule has 0 aliphatic carbocycles. The Kier molecular flexibility index (Phi) is 7.06. The number of benzene rings is 2. The number of ether oxygens (including phenoxy) is 2. The van der Waals surface area contributed by atoms with E-state index >= 15 is 0 Å². The summed E-state index contributed by atoms with van der Waals surface area (Å²) in [7, 11) is 1.46. The lowest BCUT2D eigenvalue weighted by Crippen LogP contribution is -2.38. The topological polar surface area (TPSA) is 69.5 Å². The number of aryl methyl sites for hydroxylation is 1. The van der Waals surface area contributed by atoms with Crippen molar-refractivity contribution in [2.75, 3.05) is 44.1 Å². The molecule has 168 valence electrons. The van der Waals surface area contributed by atoms with Gasteiger partial charge in [0.15, 0.2) is 10.9 Å². The number of hydrogen-bond donors (Lipinski definition) is 0. The molecule has 0 saturated carbocycles. The highest BCUT2D eigenvalue weighted by molar-refractivity contribution is 7.99. The summed E-state index contributed by atoms with van der Waals surface area (Å²) >= 11 is 1.28. The van der Waals surface area contributed by atoms with Crippen LogP contribution in [0.1, 0.15) is 22.8 Å². The maximum absolute atomic E-state index is 13.7. The first-order valence-corrected chi connectivity index (χ1v) is 11.5. The van der Waals surface area contributed by atoms with E-state index in [-0.39, 0.29) is 17.1 Å². The van der Waals surface area contributed by atoms with Crippen molar-refractivity contribution >= 4 is 23.5 Å². The molecule has 0 atom stereocenters. The third kappa shape index (κ3) is 4.63. The summed E-state index contributed by atoms with van der Waals surface area (Å²) in [5.74, 6) is 0.442. The summed E-state index contributed by atoms with van der Waals surface area (Å²) in [5, 5.41) is 9.47. The number of ketones is 1. The average Bonchev–Trinajstić information content (AvgIpc) is 3.26. The molecule has 1 fully saturated rings. The van der Waals surface area contributed by atoms with E-state index in [0.29, 0.717) is 24.1 Å². The third-order valence-corrected chi connectivity index (χ3v) is 6.25. The fourth-order valence-electron chi connectivity index (χ4n) is 3.67. The quantitative estimate of drug-likeness (QED) is 0.377. The van der Waals surface area contributed by atoms with Crippen molar-refractivity contribution < 1.29 is 18.7 Å². The molecule has 2 aromatic carbocycles. The normalized spacial score (nSPS) is 13.9. The van der Waals surface area contributed by atoms with Gasteiger partial charge in [0.05, 0.1) is 37.3 Å².